The minimum absolute atomic E-state index is 0.00875. The van der Waals surface area contributed by atoms with E-state index in [0.717, 1.165) is 21.3 Å². The fourth-order valence-electron chi connectivity index (χ4n) is 4.13. The molecule has 1 atom stereocenters. The lowest BCUT2D eigenvalue weighted by molar-refractivity contribution is 0.279. The van der Waals surface area contributed by atoms with Gasteiger partial charge in [0, 0.05) is 20.1 Å². The second kappa shape index (κ2) is 8.92. The van der Waals surface area contributed by atoms with Crippen LogP contribution in [0.15, 0.2) is 73.9 Å². The van der Waals surface area contributed by atoms with E-state index < -0.39 is 27.9 Å². The highest BCUT2D eigenvalue weighted by Crippen LogP contribution is 2.33. The number of aromatic nitrogens is 3. The van der Waals surface area contributed by atoms with Gasteiger partial charge in [0.1, 0.15) is 11.0 Å². The molecule has 0 amide bonds. The normalized spacial score (nSPS) is 14.1. The van der Waals surface area contributed by atoms with Gasteiger partial charge in [-0.05, 0) is 50.1 Å². The number of hydroxylamine groups is 1. The number of pyridine rings is 1. The second-order valence-corrected chi connectivity index (χ2v) is 10.1. The standard InChI is InChI=1S/C25H24N4O6S/c1-15-7-11-19(12-8-15)36(34)35-20-14-21(30)26(2)23-22(20)24(31)29(16-9-10-16)25(32)28(23)18-6-4-5-17(13-18)27(3)33/h4-8,11-14,16,33H,9-10H2,1-3H3/p+1. The predicted molar refractivity (Wildman–Crippen MR) is 137 cm³/mol. The summed E-state index contributed by atoms with van der Waals surface area (Å²) in [7, 11) is 2.89. The van der Waals surface area contributed by atoms with Crippen LogP contribution in [0.2, 0.25) is 0 Å². The van der Waals surface area contributed by atoms with Crippen molar-refractivity contribution in [1.82, 2.24) is 13.7 Å². The molecule has 186 valence electrons. The van der Waals surface area contributed by atoms with Crippen LogP contribution in [-0.4, -0.2) is 26.0 Å². The molecular weight excluding hydrogens is 484 g/mol. The maximum atomic E-state index is 13.7. The molecule has 2 aromatic heterocycles. The maximum Gasteiger partial charge on any atom is 0.337 e. The van der Waals surface area contributed by atoms with Gasteiger partial charge in [-0.1, -0.05) is 28.0 Å². The molecule has 10 nitrogen and oxygen atoms in total. The molecule has 1 unspecified atom stereocenters. The number of hydrogen-bond donors (Lipinski definition) is 1. The Hall–Kier alpha value is -3.96. The summed E-state index contributed by atoms with van der Waals surface area (Å²) in [6.07, 6.45) is 1.33. The van der Waals surface area contributed by atoms with Gasteiger partial charge in [-0.15, -0.1) is 0 Å². The van der Waals surface area contributed by atoms with Crippen LogP contribution < -0.4 is 26.1 Å². The first-order valence-electron chi connectivity index (χ1n) is 11.3. The van der Waals surface area contributed by atoms with Gasteiger partial charge in [0.25, 0.3) is 22.2 Å². The van der Waals surface area contributed by atoms with Crippen molar-refractivity contribution >= 4 is 27.8 Å². The fraction of sp³-hybridized carbons (Fsp3) is 0.240. The van der Waals surface area contributed by atoms with E-state index in [2.05, 4.69) is 0 Å². The number of anilines is 1. The van der Waals surface area contributed by atoms with Crippen molar-refractivity contribution < 1.29 is 13.6 Å². The molecule has 0 bridgehead atoms. The Morgan fingerprint density at radius 3 is 2.39 bits per heavy atom. The van der Waals surface area contributed by atoms with Gasteiger partial charge in [0.2, 0.25) is 5.75 Å². The SMILES string of the molecule is Cc1ccc([SH+](=O)Oc2cc(=O)n(C)c3c2c(=O)n(C2CC2)c(=O)n3-c2cccc(N(C)O)c2)cc1. The molecule has 0 radical (unpaired) electrons. The largest absolute Gasteiger partial charge is 0.337 e. The second-order valence-electron chi connectivity index (χ2n) is 8.86. The van der Waals surface area contributed by atoms with Gasteiger partial charge in [-0.3, -0.25) is 33.2 Å². The van der Waals surface area contributed by atoms with E-state index in [1.165, 1.54) is 23.2 Å². The molecule has 0 aliphatic heterocycles. The number of nitrogens with zero attached hydrogens (tertiary/aromatic N) is 4. The van der Waals surface area contributed by atoms with Crippen molar-refractivity contribution in [3.63, 3.8) is 0 Å². The molecule has 1 aliphatic carbocycles. The van der Waals surface area contributed by atoms with Crippen molar-refractivity contribution in [2.75, 3.05) is 12.1 Å². The quantitative estimate of drug-likeness (QED) is 0.241. The summed E-state index contributed by atoms with van der Waals surface area (Å²) >= 11 is -2.44. The van der Waals surface area contributed by atoms with E-state index >= 15 is 0 Å². The minimum atomic E-state index is -2.44. The summed E-state index contributed by atoms with van der Waals surface area (Å²) in [5.41, 5.74) is -0.0333. The molecule has 5 rings (SSSR count). The van der Waals surface area contributed by atoms with E-state index in [1.807, 2.05) is 6.92 Å². The van der Waals surface area contributed by atoms with Gasteiger partial charge in [0.15, 0.2) is 4.90 Å². The van der Waals surface area contributed by atoms with Crippen LogP contribution in [0.5, 0.6) is 5.75 Å². The third-order valence-electron chi connectivity index (χ3n) is 6.21. The first-order chi connectivity index (χ1) is 17.2. The molecule has 2 heterocycles. The van der Waals surface area contributed by atoms with E-state index in [9.17, 15) is 23.8 Å². The van der Waals surface area contributed by atoms with Gasteiger partial charge in [-0.25, -0.2) is 9.36 Å². The van der Waals surface area contributed by atoms with Crippen molar-refractivity contribution in [3.05, 3.63) is 91.4 Å². The highest BCUT2D eigenvalue weighted by atomic mass is 32.2. The van der Waals surface area contributed by atoms with E-state index in [0.29, 0.717) is 29.1 Å². The summed E-state index contributed by atoms with van der Waals surface area (Å²) in [6, 6.07) is 14.2. The number of thiol groups is 1. The first kappa shape index (κ1) is 23.8. The highest BCUT2D eigenvalue weighted by molar-refractivity contribution is 7.80. The van der Waals surface area contributed by atoms with Gasteiger partial charge < -0.3 is 0 Å². The summed E-state index contributed by atoms with van der Waals surface area (Å²) in [5, 5.41) is 10.8. The summed E-state index contributed by atoms with van der Waals surface area (Å²) < 4.78 is 22.4. The monoisotopic (exact) mass is 509 g/mol. The van der Waals surface area contributed by atoms with Crippen LogP contribution in [0.3, 0.4) is 0 Å². The zero-order valence-electron chi connectivity index (χ0n) is 19.9. The Morgan fingerprint density at radius 2 is 1.75 bits per heavy atom. The number of hydrogen-bond acceptors (Lipinski definition) is 7. The van der Waals surface area contributed by atoms with Crippen LogP contribution in [-0.2, 0) is 22.3 Å². The molecule has 11 heteroatoms. The third kappa shape index (κ3) is 4.06. The Morgan fingerprint density at radius 1 is 1.06 bits per heavy atom. The lowest BCUT2D eigenvalue weighted by Crippen LogP contribution is -2.41. The smallest absolute Gasteiger partial charge is 0.296 e. The summed E-state index contributed by atoms with van der Waals surface area (Å²) in [4.78, 5) is 40.6. The zero-order valence-corrected chi connectivity index (χ0v) is 20.8. The lowest BCUT2D eigenvalue weighted by Gasteiger charge is -2.18. The van der Waals surface area contributed by atoms with Gasteiger partial charge in [0.05, 0.1) is 17.4 Å². The Labute approximate surface area is 207 Å². The van der Waals surface area contributed by atoms with Crippen LogP contribution in [0.1, 0.15) is 24.4 Å². The lowest BCUT2D eigenvalue weighted by atomic mass is 10.2. The minimum Gasteiger partial charge on any atom is -0.296 e. The molecule has 1 saturated carbocycles. The van der Waals surface area contributed by atoms with E-state index in [1.54, 1.807) is 48.5 Å². The van der Waals surface area contributed by atoms with Gasteiger partial charge >= 0.3 is 5.69 Å². The van der Waals surface area contributed by atoms with E-state index in [-0.39, 0.29) is 22.8 Å². The van der Waals surface area contributed by atoms with Crippen LogP contribution >= 0.6 is 0 Å². The molecular formula is C25H25N4O6S+. The van der Waals surface area contributed by atoms with Crippen molar-refractivity contribution in [2.24, 2.45) is 7.05 Å². The maximum absolute atomic E-state index is 13.7. The average molecular weight is 510 g/mol. The fourth-order valence-corrected chi connectivity index (χ4v) is 4.95. The van der Waals surface area contributed by atoms with Crippen LogP contribution in [0, 0.1) is 6.92 Å². The molecule has 0 saturated heterocycles. The van der Waals surface area contributed by atoms with Crippen molar-refractivity contribution in [1.29, 1.82) is 0 Å². The number of benzene rings is 2. The Balaban J connectivity index is 1.83. The summed E-state index contributed by atoms with van der Waals surface area (Å²) in [5.74, 6) is -0.154. The van der Waals surface area contributed by atoms with Crippen LogP contribution in [0.4, 0.5) is 5.69 Å². The predicted octanol–water partition coefficient (Wildman–Crippen LogP) is 2.37. The average Bonchev–Trinajstić information content (AvgIpc) is 3.67. The number of aryl methyl sites for hydroxylation is 2. The first-order valence-corrected chi connectivity index (χ1v) is 12.5. The molecule has 1 aliphatic rings. The molecule has 1 fully saturated rings. The zero-order chi connectivity index (χ0) is 25.7. The third-order valence-corrected chi connectivity index (χ3v) is 7.30. The molecule has 4 aromatic rings. The molecule has 0 spiro atoms. The molecule has 2 aromatic carbocycles. The Kier molecular flexibility index (Phi) is 5.89. The van der Waals surface area contributed by atoms with Gasteiger partial charge in [-0.2, -0.15) is 0 Å². The van der Waals surface area contributed by atoms with Crippen molar-refractivity contribution in [3.8, 4) is 11.4 Å². The number of rotatable bonds is 6. The highest BCUT2D eigenvalue weighted by Gasteiger charge is 2.32. The molecule has 36 heavy (non-hydrogen) atoms. The van der Waals surface area contributed by atoms with E-state index in [4.69, 9.17) is 4.18 Å². The number of fused-ring (bicyclic) bond motifs is 1. The summed E-state index contributed by atoms with van der Waals surface area (Å²) in [6.45, 7) is 1.90. The Bertz CT molecular complexity index is 1700. The van der Waals surface area contributed by atoms with Crippen molar-refractivity contribution in [2.45, 2.75) is 30.7 Å². The topological polar surface area (TPSA) is 116 Å². The molecule has 1 N–H and O–H groups in total. The van der Waals surface area contributed by atoms with Crippen LogP contribution in [0.25, 0.3) is 16.7 Å².